The standard InChI is InChI=1S/C5H12N2S/c8-5-6-3-1-2-4-7-5/h5-8H,1-4H2. The second kappa shape index (κ2) is 3.33. The highest BCUT2D eigenvalue weighted by Gasteiger charge is 2.02. The lowest BCUT2D eigenvalue weighted by Gasteiger charge is -2.07. The van der Waals surface area contributed by atoms with Gasteiger partial charge in [-0.3, -0.25) is 10.6 Å². The minimum absolute atomic E-state index is 0.220. The fourth-order valence-electron chi connectivity index (χ4n) is 0.800. The molecule has 3 heteroatoms. The Hall–Kier alpha value is 0.270. The first-order valence-electron chi connectivity index (χ1n) is 3.04. The van der Waals surface area contributed by atoms with Crippen LogP contribution in [0.1, 0.15) is 12.8 Å². The molecule has 1 saturated heterocycles. The van der Waals surface area contributed by atoms with Gasteiger partial charge in [0.25, 0.3) is 0 Å². The Morgan fingerprint density at radius 2 is 1.62 bits per heavy atom. The average molecular weight is 132 g/mol. The molecule has 0 unspecified atom stereocenters. The van der Waals surface area contributed by atoms with E-state index in [1.54, 1.807) is 0 Å². The van der Waals surface area contributed by atoms with Gasteiger partial charge >= 0.3 is 0 Å². The van der Waals surface area contributed by atoms with Crippen LogP contribution in [0.15, 0.2) is 0 Å². The van der Waals surface area contributed by atoms with Crippen molar-refractivity contribution in [2.75, 3.05) is 13.1 Å². The number of nitrogens with one attached hydrogen (secondary N) is 2. The quantitative estimate of drug-likeness (QED) is 0.409. The van der Waals surface area contributed by atoms with Gasteiger partial charge in [-0.05, 0) is 25.9 Å². The summed E-state index contributed by atoms with van der Waals surface area (Å²) in [5.74, 6) is 0. The van der Waals surface area contributed by atoms with E-state index in [1.807, 2.05) is 0 Å². The first kappa shape index (κ1) is 6.39. The van der Waals surface area contributed by atoms with Crippen molar-refractivity contribution < 1.29 is 0 Å². The van der Waals surface area contributed by atoms with Crippen molar-refractivity contribution in [1.82, 2.24) is 10.6 Å². The number of hydrogen-bond donors (Lipinski definition) is 3. The Bertz CT molecular complexity index is 59.4. The minimum atomic E-state index is 0.220. The summed E-state index contributed by atoms with van der Waals surface area (Å²) in [7, 11) is 0. The van der Waals surface area contributed by atoms with Crippen LogP contribution in [0.4, 0.5) is 0 Å². The van der Waals surface area contributed by atoms with Gasteiger partial charge in [0.15, 0.2) is 0 Å². The van der Waals surface area contributed by atoms with Crippen molar-refractivity contribution in [3.63, 3.8) is 0 Å². The molecule has 1 fully saturated rings. The SMILES string of the molecule is SC1NCCCCN1. The summed E-state index contributed by atoms with van der Waals surface area (Å²) in [6.07, 6.45) is 2.54. The Labute approximate surface area is 55.4 Å². The Morgan fingerprint density at radius 3 is 2.12 bits per heavy atom. The Balaban J connectivity index is 2.17. The normalized spacial score (nSPS) is 25.1. The molecule has 8 heavy (non-hydrogen) atoms. The highest BCUT2D eigenvalue weighted by molar-refractivity contribution is 7.80. The average Bonchev–Trinajstić information content (AvgIpc) is 1.94. The van der Waals surface area contributed by atoms with E-state index in [2.05, 4.69) is 23.3 Å². The first-order chi connectivity index (χ1) is 3.89. The molecule has 0 amide bonds. The Kier molecular flexibility index (Phi) is 2.66. The van der Waals surface area contributed by atoms with Crippen molar-refractivity contribution in [3.8, 4) is 0 Å². The third kappa shape index (κ3) is 2.03. The van der Waals surface area contributed by atoms with Crippen LogP contribution in [0.25, 0.3) is 0 Å². The van der Waals surface area contributed by atoms with Crippen molar-refractivity contribution in [2.24, 2.45) is 0 Å². The predicted octanol–water partition coefficient (Wildman–Crippen LogP) is 0.173. The molecular formula is C5H12N2S. The largest absolute Gasteiger partial charge is 0.294 e. The van der Waals surface area contributed by atoms with Gasteiger partial charge in [0, 0.05) is 0 Å². The molecule has 0 spiro atoms. The molecule has 0 bridgehead atoms. The summed E-state index contributed by atoms with van der Waals surface area (Å²) in [5, 5.41) is 6.40. The predicted molar refractivity (Wildman–Crippen MR) is 38.0 cm³/mol. The molecule has 1 aliphatic heterocycles. The maximum Gasteiger partial charge on any atom is 0.103 e. The molecule has 1 heterocycles. The van der Waals surface area contributed by atoms with Gasteiger partial charge in [-0.2, -0.15) is 0 Å². The van der Waals surface area contributed by atoms with Crippen LogP contribution < -0.4 is 10.6 Å². The van der Waals surface area contributed by atoms with Crippen molar-refractivity contribution in [1.29, 1.82) is 0 Å². The van der Waals surface area contributed by atoms with Crippen LogP contribution in [-0.4, -0.2) is 18.6 Å². The molecule has 0 aromatic rings. The van der Waals surface area contributed by atoms with Gasteiger partial charge in [0.1, 0.15) is 5.50 Å². The highest BCUT2D eigenvalue weighted by Crippen LogP contribution is 1.93. The molecule has 0 saturated carbocycles. The van der Waals surface area contributed by atoms with Crippen LogP contribution in [0.2, 0.25) is 0 Å². The lowest BCUT2D eigenvalue weighted by Crippen LogP contribution is -2.35. The number of hydrogen-bond acceptors (Lipinski definition) is 3. The van der Waals surface area contributed by atoms with E-state index in [-0.39, 0.29) is 5.50 Å². The molecule has 1 aliphatic rings. The topological polar surface area (TPSA) is 24.1 Å². The molecular weight excluding hydrogens is 120 g/mol. The van der Waals surface area contributed by atoms with Gasteiger partial charge in [0.05, 0.1) is 0 Å². The van der Waals surface area contributed by atoms with E-state index < -0.39 is 0 Å². The van der Waals surface area contributed by atoms with Gasteiger partial charge in [0.2, 0.25) is 0 Å². The van der Waals surface area contributed by atoms with E-state index in [1.165, 1.54) is 12.8 Å². The molecule has 2 N–H and O–H groups in total. The summed E-state index contributed by atoms with van der Waals surface area (Å²) in [4.78, 5) is 0. The molecule has 0 aromatic heterocycles. The maximum atomic E-state index is 4.21. The second-order valence-electron chi connectivity index (χ2n) is 2.02. The van der Waals surface area contributed by atoms with Crippen molar-refractivity contribution in [3.05, 3.63) is 0 Å². The van der Waals surface area contributed by atoms with Crippen LogP contribution in [0, 0.1) is 0 Å². The monoisotopic (exact) mass is 132 g/mol. The zero-order valence-corrected chi connectivity index (χ0v) is 5.75. The van der Waals surface area contributed by atoms with Crippen LogP contribution >= 0.6 is 12.6 Å². The highest BCUT2D eigenvalue weighted by atomic mass is 32.1. The molecule has 0 radical (unpaired) electrons. The molecule has 1 rings (SSSR count). The van der Waals surface area contributed by atoms with Crippen LogP contribution in [0.5, 0.6) is 0 Å². The lowest BCUT2D eigenvalue weighted by molar-refractivity contribution is 0.608. The third-order valence-corrected chi connectivity index (χ3v) is 1.64. The third-order valence-electron chi connectivity index (χ3n) is 1.28. The van der Waals surface area contributed by atoms with E-state index in [9.17, 15) is 0 Å². The Morgan fingerprint density at radius 1 is 1.12 bits per heavy atom. The summed E-state index contributed by atoms with van der Waals surface area (Å²) >= 11 is 4.21. The van der Waals surface area contributed by atoms with E-state index in [0.29, 0.717) is 0 Å². The van der Waals surface area contributed by atoms with Crippen LogP contribution in [-0.2, 0) is 0 Å². The molecule has 0 atom stereocenters. The number of rotatable bonds is 0. The number of thiol groups is 1. The van der Waals surface area contributed by atoms with Gasteiger partial charge in [-0.25, -0.2) is 0 Å². The van der Waals surface area contributed by atoms with E-state index >= 15 is 0 Å². The molecule has 0 aliphatic carbocycles. The van der Waals surface area contributed by atoms with E-state index in [0.717, 1.165) is 13.1 Å². The lowest BCUT2D eigenvalue weighted by atomic mass is 10.3. The fourth-order valence-corrected chi connectivity index (χ4v) is 1.06. The summed E-state index contributed by atoms with van der Waals surface area (Å²) in [6, 6.07) is 0. The molecule has 2 nitrogen and oxygen atoms in total. The summed E-state index contributed by atoms with van der Waals surface area (Å²) in [5.41, 5.74) is 0.220. The minimum Gasteiger partial charge on any atom is -0.294 e. The maximum absolute atomic E-state index is 4.21. The van der Waals surface area contributed by atoms with Crippen molar-refractivity contribution in [2.45, 2.75) is 18.3 Å². The van der Waals surface area contributed by atoms with Gasteiger partial charge in [-0.1, -0.05) is 0 Å². The summed E-state index contributed by atoms with van der Waals surface area (Å²) < 4.78 is 0. The van der Waals surface area contributed by atoms with Gasteiger partial charge < -0.3 is 0 Å². The van der Waals surface area contributed by atoms with Crippen LogP contribution in [0.3, 0.4) is 0 Å². The molecule has 0 aromatic carbocycles. The first-order valence-corrected chi connectivity index (χ1v) is 3.56. The molecule has 48 valence electrons. The van der Waals surface area contributed by atoms with Gasteiger partial charge in [-0.15, -0.1) is 12.6 Å². The smallest absolute Gasteiger partial charge is 0.103 e. The second-order valence-corrected chi connectivity index (χ2v) is 2.53. The zero-order chi connectivity index (χ0) is 5.82. The summed E-state index contributed by atoms with van der Waals surface area (Å²) in [6.45, 7) is 2.20. The van der Waals surface area contributed by atoms with E-state index in [4.69, 9.17) is 0 Å². The fraction of sp³-hybridized carbons (Fsp3) is 1.00. The van der Waals surface area contributed by atoms with Crippen molar-refractivity contribution >= 4 is 12.6 Å². The zero-order valence-electron chi connectivity index (χ0n) is 4.85.